The van der Waals surface area contributed by atoms with E-state index in [1.807, 2.05) is 42.5 Å². The molecule has 0 aliphatic carbocycles. The average molecular weight is 465 g/mol. The molecule has 2 N–H and O–H groups in total. The number of anilines is 1. The van der Waals surface area contributed by atoms with Crippen LogP contribution in [0, 0.1) is 0 Å². The van der Waals surface area contributed by atoms with Crippen LogP contribution >= 0.6 is 12.2 Å². The minimum atomic E-state index is -0.359. The van der Waals surface area contributed by atoms with Crippen molar-refractivity contribution in [3.05, 3.63) is 90.0 Å². The molecule has 0 atom stereocenters. The van der Waals surface area contributed by atoms with Crippen molar-refractivity contribution < 1.29 is 19.0 Å². The number of nitrogens with one attached hydrogen (secondary N) is 2. The fourth-order valence-corrected chi connectivity index (χ4v) is 3.34. The number of para-hydroxylation sites is 3. The first-order chi connectivity index (χ1) is 16.2. The molecule has 0 unspecified atom stereocenters. The van der Waals surface area contributed by atoms with E-state index in [1.165, 1.54) is 5.56 Å². The van der Waals surface area contributed by atoms with Crippen LogP contribution in [0.25, 0.3) is 0 Å². The molecule has 0 aliphatic rings. The Morgan fingerprint density at radius 2 is 1.48 bits per heavy atom. The normalized spacial score (nSPS) is 10.3. The number of methoxy groups -OCH3 is 1. The van der Waals surface area contributed by atoms with Gasteiger partial charge in [-0.2, -0.15) is 0 Å². The van der Waals surface area contributed by atoms with Gasteiger partial charge in [0.1, 0.15) is 18.1 Å². The molecular formula is C26H28N2O4S. The quantitative estimate of drug-likeness (QED) is 0.312. The average Bonchev–Trinajstić information content (AvgIpc) is 2.84. The molecule has 0 saturated heterocycles. The summed E-state index contributed by atoms with van der Waals surface area (Å²) in [5.74, 6) is 0.782. The maximum absolute atomic E-state index is 12.7. The largest absolute Gasteiger partial charge is 0.491 e. The van der Waals surface area contributed by atoms with Crippen LogP contribution in [-0.4, -0.2) is 38.0 Å². The molecule has 7 heteroatoms. The second kappa shape index (κ2) is 13.2. The van der Waals surface area contributed by atoms with E-state index in [9.17, 15) is 4.79 Å². The smallest absolute Gasteiger partial charge is 0.261 e. The van der Waals surface area contributed by atoms with Crippen LogP contribution < -0.4 is 20.1 Å². The van der Waals surface area contributed by atoms with Crippen LogP contribution in [-0.2, 0) is 11.2 Å². The molecule has 3 aromatic rings. The standard InChI is InChI=1S/C26H28N2O4S/c1-30-18-19-32-23-15-7-5-13-21(23)25(29)28-26(33)27-22-14-6-8-16-24(22)31-17-9-12-20-10-3-2-4-11-20/h2-8,10-11,13-16H,9,12,17-19H2,1H3,(H2,27,28,29,33). The van der Waals surface area contributed by atoms with E-state index in [4.69, 9.17) is 26.4 Å². The summed E-state index contributed by atoms with van der Waals surface area (Å²) < 4.78 is 16.6. The molecule has 33 heavy (non-hydrogen) atoms. The van der Waals surface area contributed by atoms with Crippen molar-refractivity contribution in [2.24, 2.45) is 0 Å². The summed E-state index contributed by atoms with van der Waals surface area (Å²) in [6.07, 6.45) is 1.83. The zero-order chi connectivity index (χ0) is 23.3. The fourth-order valence-electron chi connectivity index (χ4n) is 3.14. The summed E-state index contributed by atoms with van der Waals surface area (Å²) in [5.41, 5.74) is 2.36. The predicted molar refractivity (Wildman–Crippen MR) is 134 cm³/mol. The maximum atomic E-state index is 12.7. The molecule has 0 bridgehead atoms. The molecule has 0 spiro atoms. The van der Waals surface area contributed by atoms with Gasteiger partial charge in [0, 0.05) is 7.11 Å². The van der Waals surface area contributed by atoms with Gasteiger partial charge in [0.15, 0.2) is 5.11 Å². The first-order valence-corrected chi connectivity index (χ1v) is 11.2. The second-order valence-electron chi connectivity index (χ2n) is 7.18. The third-order valence-electron chi connectivity index (χ3n) is 4.75. The molecule has 0 aliphatic heterocycles. The summed E-state index contributed by atoms with van der Waals surface area (Å²) in [6, 6.07) is 24.8. The van der Waals surface area contributed by atoms with Crippen LogP contribution in [0.4, 0.5) is 5.69 Å². The second-order valence-corrected chi connectivity index (χ2v) is 7.59. The monoisotopic (exact) mass is 464 g/mol. The number of ether oxygens (including phenoxy) is 3. The van der Waals surface area contributed by atoms with E-state index in [0.717, 1.165) is 12.8 Å². The van der Waals surface area contributed by atoms with Crippen molar-refractivity contribution in [1.29, 1.82) is 0 Å². The number of hydrogen-bond acceptors (Lipinski definition) is 5. The summed E-state index contributed by atoms with van der Waals surface area (Å²) in [7, 11) is 1.59. The van der Waals surface area contributed by atoms with Crippen molar-refractivity contribution in [3.8, 4) is 11.5 Å². The molecule has 0 saturated carbocycles. The van der Waals surface area contributed by atoms with Gasteiger partial charge >= 0.3 is 0 Å². The lowest BCUT2D eigenvalue weighted by atomic mass is 10.1. The van der Waals surface area contributed by atoms with Gasteiger partial charge in [0.05, 0.1) is 24.5 Å². The number of thiocarbonyl (C=S) groups is 1. The zero-order valence-corrected chi connectivity index (χ0v) is 19.4. The Kier molecular flexibility index (Phi) is 9.69. The molecular weight excluding hydrogens is 436 g/mol. The molecule has 0 heterocycles. The lowest BCUT2D eigenvalue weighted by Gasteiger charge is -2.15. The lowest BCUT2D eigenvalue weighted by molar-refractivity contribution is 0.0970. The molecule has 0 aromatic heterocycles. The fraction of sp³-hybridized carbons (Fsp3) is 0.231. The van der Waals surface area contributed by atoms with Gasteiger partial charge < -0.3 is 19.5 Å². The molecule has 6 nitrogen and oxygen atoms in total. The number of carbonyl (C=O) groups is 1. The molecule has 3 aromatic carbocycles. The van der Waals surface area contributed by atoms with Crippen molar-refractivity contribution in [2.75, 3.05) is 32.2 Å². The van der Waals surface area contributed by atoms with E-state index in [0.29, 0.717) is 42.6 Å². The highest BCUT2D eigenvalue weighted by Crippen LogP contribution is 2.24. The lowest BCUT2D eigenvalue weighted by Crippen LogP contribution is -2.34. The van der Waals surface area contributed by atoms with E-state index in [1.54, 1.807) is 31.4 Å². The molecule has 172 valence electrons. The molecule has 0 fully saturated rings. The Morgan fingerprint density at radius 3 is 2.27 bits per heavy atom. The highest BCUT2D eigenvalue weighted by Gasteiger charge is 2.14. The van der Waals surface area contributed by atoms with Gasteiger partial charge in [-0.15, -0.1) is 0 Å². The van der Waals surface area contributed by atoms with Crippen molar-refractivity contribution >= 4 is 28.9 Å². The summed E-state index contributed by atoms with van der Waals surface area (Å²) >= 11 is 5.36. The van der Waals surface area contributed by atoms with Crippen molar-refractivity contribution in [3.63, 3.8) is 0 Å². The summed E-state index contributed by atoms with van der Waals surface area (Å²) in [5, 5.41) is 5.93. The minimum absolute atomic E-state index is 0.173. The SMILES string of the molecule is COCCOc1ccccc1C(=O)NC(=S)Nc1ccccc1OCCCc1ccccc1. The number of benzene rings is 3. The Morgan fingerprint density at radius 1 is 0.818 bits per heavy atom. The summed E-state index contributed by atoms with van der Waals surface area (Å²) in [4.78, 5) is 12.7. The van der Waals surface area contributed by atoms with Crippen LogP contribution in [0.5, 0.6) is 11.5 Å². The Balaban J connectivity index is 1.54. The molecule has 0 radical (unpaired) electrons. The van der Waals surface area contributed by atoms with E-state index < -0.39 is 0 Å². The maximum Gasteiger partial charge on any atom is 0.261 e. The van der Waals surface area contributed by atoms with Gasteiger partial charge in [-0.25, -0.2) is 0 Å². The third-order valence-corrected chi connectivity index (χ3v) is 4.95. The number of rotatable bonds is 11. The number of carbonyl (C=O) groups excluding carboxylic acids is 1. The van der Waals surface area contributed by atoms with Gasteiger partial charge in [-0.05, 0) is 54.9 Å². The topological polar surface area (TPSA) is 68.8 Å². The molecule has 3 rings (SSSR count). The highest BCUT2D eigenvalue weighted by atomic mass is 32.1. The van der Waals surface area contributed by atoms with Crippen LogP contribution in [0.3, 0.4) is 0 Å². The van der Waals surface area contributed by atoms with E-state index in [-0.39, 0.29) is 11.0 Å². The van der Waals surface area contributed by atoms with Crippen LogP contribution in [0.1, 0.15) is 22.3 Å². The number of hydrogen-bond donors (Lipinski definition) is 2. The van der Waals surface area contributed by atoms with E-state index >= 15 is 0 Å². The third kappa shape index (κ3) is 7.89. The van der Waals surface area contributed by atoms with Crippen molar-refractivity contribution in [2.45, 2.75) is 12.8 Å². The Hall–Kier alpha value is -3.42. The number of amides is 1. The van der Waals surface area contributed by atoms with Crippen LogP contribution in [0.15, 0.2) is 78.9 Å². The van der Waals surface area contributed by atoms with Crippen LogP contribution in [0.2, 0.25) is 0 Å². The highest BCUT2D eigenvalue weighted by molar-refractivity contribution is 7.80. The number of aryl methyl sites for hydroxylation is 1. The van der Waals surface area contributed by atoms with Gasteiger partial charge in [0.2, 0.25) is 0 Å². The van der Waals surface area contributed by atoms with Gasteiger partial charge in [0.25, 0.3) is 5.91 Å². The van der Waals surface area contributed by atoms with Crippen molar-refractivity contribution in [1.82, 2.24) is 5.32 Å². The predicted octanol–water partition coefficient (Wildman–Crippen LogP) is 4.85. The molecule has 1 amide bonds. The first kappa shape index (κ1) is 24.2. The Bertz CT molecular complexity index is 1040. The zero-order valence-electron chi connectivity index (χ0n) is 18.6. The van der Waals surface area contributed by atoms with Gasteiger partial charge in [-0.1, -0.05) is 54.6 Å². The van der Waals surface area contributed by atoms with E-state index in [2.05, 4.69) is 22.8 Å². The Labute approximate surface area is 199 Å². The summed E-state index contributed by atoms with van der Waals surface area (Å²) in [6.45, 7) is 1.34. The minimum Gasteiger partial charge on any atom is -0.491 e. The first-order valence-electron chi connectivity index (χ1n) is 10.8. The van der Waals surface area contributed by atoms with Gasteiger partial charge in [-0.3, -0.25) is 10.1 Å².